The number of ether oxygens (including phenoxy) is 2. The second kappa shape index (κ2) is 22.6. The number of aliphatic hydroxyl groups excluding tert-OH is 2. The summed E-state index contributed by atoms with van der Waals surface area (Å²) >= 11 is 0. The van der Waals surface area contributed by atoms with Crippen LogP contribution in [0.15, 0.2) is 70.9 Å². The summed E-state index contributed by atoms with van der Waals surface area (Å²) in [5.74, 6) is 0.0961. The second-order valence-corrected chi connectivity index (χ2v) is 24.7. The van der Waals surface area contributed by atoms with E-state index in [2.05, 4.69) is 26.0 Å². The molecule has 0 amide bonds. The van der Waals surface area contributed by atoms with E-state index in [-0.39, 0.29) is 76.6 Å². The minimum absolute atomic E-state index is 0.0621. The first-order valence-electron chi connectivity index (χ1n) is 27.6. The Bertz CT molecular complexity index is 2300. The van der Waals surface area contributed by atoms with Crippen LogP contribution in [0.25, 0.3) is 0 Å². The molecule has 6 unspecified atom stereocenters. The van der Waals surface area contributed by atoms with Crippen molar-refractivity contribution in [1.29, 1.82) is 0 Å². The van der Waals surface area contributed by atoms with Crippen LogP contribution in [0.2, 0.25) is 0 Å². The summed E-state index contributed by atoms with van der Waals surface area (Å²) in [5, 5.41) is 38.9. The summed E-state index contributed by atoms with van der Waals surface area (Å²) in [4.78, 5) is 23.1. The molecule has 0 aromatic heterocycles. The first-order chi connectivity index (χ1) is 36.0. The van der Waals surface area contributed by atoms with E-state index in [0.717, 1.165) is 113 Å². The zero-order valence-corrected chi connectivity index (χ0v) is 44.8. The van der Waals surface area contributed by atoms with Gasteiger partial charge in [0.2, 0.25) is 0 Å². The average molecular weight is 1130 g/mol. The third kappa shape index (κ3) is 13.0. The van der Waals surface area contributed by atoms with Crippen LogP contribution in [0.5, 0.6) is 0 Å². The predicted molar refractivity (Wildman–Crippen MR) is 264 cm³/mol. The quantitative estimate of drug-likeness (QED) is 0.0863. The first kappa shape index (κ1) is 62.0. The van der Waals surface area contributed by atoms with Crippen molar-refractivity contribution in [2.24, 2.45) is 45.3 Å². The van der Waals surface area contributed by atoms with Gasteiger partial charge in [-0.2, -0.15) is 52.7 Å². The molecule has 4 N–H and O–H groups in total. The van der Waals surface area contributed by atoms with E-state index in [9.17, 15) is 82.7 Å². The minimum Gasteiger partial charge on any atom is -0.462 e. The Balaban J connectivity index is 0.000000229. The Kier molecular flexibility index (Phi) is 18.0. The molecule has 0 radical (unpaired) electrons. The zero-order chi connectivity index (χ0) is 57.7. The average Bonchev–Trinajstić information content (AvgIpc) is 4.28. The number of hydrogen-bond donors (Lipinski definition) is 4. The lowest BCUT2D eigenvalue weighted by Crippen LogP contribution is -2.55. The van der Waals surface area contributed by atoms with E-state index in [1.807, 2.05) is 12.2 Å². The van der Waals surface area contributed by atoms with Gasteiger partial charge in [-0.25, -0.2) is 0 Å². The van der Waals surface area contributed by atoms with Crippen molar-refractivity contribution in [3.05, 3.63) is 70.9 Å². The third-order valence-electron chi connectivity index (χ3n) is 19.5. The number of carbonyl (C=O) groups is 2. The van der Waals surface area contributed by atoms with Gasteiger partial charge in [-0.05, 0) is 179 Å². The molecule has 8 aliphatic rings. The summed E-state index contributed by atoms with van der Waals surface area (Å²) in [5.41, 5.74) is -6.00. The topological polar surface area (TPSA) is 134 Å². The van der Waals surface area contributed by atoms with Gasteiger partial charge in [0.15, 0.2) is 0 Å². The lowest BCUT2D eigenvalue weighted by molar-refractivity contribution is -0.348. The SMILES string of the molecule is CC(=O)OC1CC(=C/C=C2\CCC[C@@]3(C)C2CCC3C2(C/C=C/C(O)(C(F)(F)F)C(F)(F)F)CC2)C[C@@H](OC(C)=O)C1.C[C@]12CCC/C(=C\C=C3CC(O)C[C@H](O)C3)C1CCC2C1(C/C=C/C(O)(C(F)(F)F)C(F)(F)F)CC1. The van der Waals surface area contributed by atoms with Crippen molar-refractivity contribution < 1.29 is 92.2 Å². The molecule has 8 aliphatic carbocycles. The van der Waals surface area contributed by atoms with Crippen LogP contribution < -0.4 is 0 Å². The molecule has 440 valence electrons. The van der Waals surface area contributed by atoms with Gasteiger partial charge in [0.25, 0.3) is 11.2 Å². The molecule has 10 atom stereocenters. The standard InChI is InChI=1S/C31H40F6O5.C27H36F6O3/c1-19(38)41-23-16-21(17-24(18-23)42-20(2)39)7-8-22-6-4-11-27(3)25(22)9-10-26(27)28(14-15-28)12-5-13-29(40,30(32,33)34)31(35,36)37;1-23-9-2-4-18(6-5-17-14-19(34)16-20(35)15-17)21(23)7-8-22(23)24(12-13-24)10-3-11-25(36,26(28,29)30)27(31,32)33/h5,7-8,13,23-26,40H,4,6,9-12,14-18H2,1-3H3;3,5-6,11,19-22,34-36H,2,4,7-10,12-16H2,1H3/b13-5+,21-7?,22-8+;11-3+,17-5?,18-6+/t23-,24?,25?,26?,27+;19-,20?,21?,22?,23+/m11/s1. The van der Waals surface area contributed by atoms with E-state index in [1.54, 1.807) is 0 Å². The van der Waals surface area contributed by atoms with Crippen molar-refractivity contribution >= 4 is 11.9 Å². The Labute approximate surface area is 448 Å². The number of rotatable bonds is 12. The highest BCUT2D eigenvalue weighted by Gasteiger charge is 2.70. The van der Waals surface area contributed by atoms with Crippen molar-refractivity contribution in [3.63, 3.8) is 0 Å². The van der Waals surface area contributed by atoms with Crippen LogP contribution >= 0.6 is 0 Å². The van der Waals surface area contributed by atoms with Crippen LogP contribution in [0, 0.1) is 45.3 Å². The second-order valence-electron chi connectivity index (χ2n) is 24.7. The van der Waals surface area contributed by atoms with E-state index in [0.29, 0.717) is 44.4 Å². The molecule has 0 aromatic carbocycles. The van der Waals surface area contributed by atoms with E-state index in [4.69, 9.17) is 9.47 Å². The summed E-state index contributed by atoms with van der Waals surface area (Å²) in [7, 11) is 0. The van der Waals surface area contributed by atoms with Gasteiger partial charge >= 0.3 is 36.6 Å². The molecule has 0 heterocycles. The Morgan fingerprint density at radius 1 is 0.526 bits per heavy atom. The Morgan fingerprint density at radius 3 is 1.19 bits per heavy atom. The van der Waals surface area contributed by atoms with Crippen LogP contribution in [0.1, 0.15) is 169 Å². The molecule has 0 aromatic rings. The van der Waals surface area contributed by atoms with E-state index in [1.165, 1.54) is 25.0 Å². The number of hydrogen-bond acceptors (Lipinski definition) is 8. The highest BCUT2D eigenvalue weighted by Crippen LogP contribution is 2.71. The van der Waals surface area contributed by atoms with Gasteiger partial charge in [0.1, 0.15) is 12.2 Å². The fourth-order valence-corrected chi connectivity index (χ4v) is 15.5. The third-order valence-corrected chi connectivity index (χ3v) is 19.5. The van der Waals surface area contributed by atoms with Crippen LogP contribution in [0.3, 0.4) is 0 Å². The molecule has 20 heteroatoms. The number of carbonyl (C=O) groups excluding carboxylic acids is 2. The number of esters is 2. The Hall–Kier alpha value is -3.62. The maximum Gasteiger partial charge on any atom is 0.429 e. The van der Waals surface area contributed by atoms with Crippen LogP contribution in [-0.2, 0) is 19.1 Å². The molecule has 8 nitrogen and oxygen atoms in total. The Morgan fingerprint density at radius 2 is 0.872 bits per heavy atom. The van der Waals surface area contributed by atoms with Gasteiger partial charge in [-0.15, -0.1) is 0 Å². The number of allylic oxidation sites excluding steroid dienone is 8. The van der Waals surface area contributed by atoms with Crippen molar-refractivity contribution in [2.75, 3.05) is 0 Å². The van der Waals surface area contributed by atoms with Gasteiger partial charge in [0.05, 0.1) is 12.2 Å². The minimum atomic E-state index is -5.87. The van der Waals surface area contributed by atoms with Gasteiger partial charge < -0.3 is 29.9 Å². The summed E-state index contributed by atoms with van der Waals surface area (Å²) in [6, 6.07) is 0. The smallest absolute Gasteiger partial charge is 0.429 e. The van der Waals surface area contributed by atoms with Gasteiger partial charge in [-0.1, -0.05) is 72.6 Å². The molecular formula is C58H76F12O8. The molecule has 8 saturated carbocycles. The maximum absolute atomic E-state index is 13.1. The number of fused-ring (bicyclic) bond motifs is 2. The molecule has 0 spiro atoms. The molecule has 8 rings (SSSR count). The summed E-state index contributed by atoms with van der Waals surface area (Å²) in [6.07, 6.45) is -0.0701. The molecule has 0 saturated heterocycles. The van der Waals surface area contributed by atoms with Gasteiger partial charge in [0, 0.05) is 33.1 Å². The summed E-state index contributed by atoms with van der Waals surface area (Å²) in [6.45, 7) is 7.11. The highest BCUT2D eigenvalue weighted by atomic mass is 19.4. The highest BCUT2D eigenvalue weighted by molar-refractivity contribution is 5.67. The number of alkyl halides is 12. The van der Waals surface area contributed by atoms with Crippen molar-refractivity contribution in [2.45, 2.75) is 229 Å². The van der Waals surface area contributed by atoms with E-state index < -0.39 is 60.1 Å². The summed E-state index contributed by atoms with van der Waals surface area (Å²) < 4.78 is 168. The molecular weight excluding hydrogens is 1050 g/mol. The van der Waals surface area contributed by atoms with Gasteiger partial charge in [-0.3, -0.25) is 9.59 Å². The molecule has 8 fully saturated rings. The number of halogens is 12. The van der Waals surface area contributed by atoms with E-state index >= 15 is 0 Å². The fourth-order valence-electron chi connectivity index (χ4n) is 15.5. The fraction of sp³-hybridized carbons (Fsp3) is 0.759. The number of aliphatic hydroxyl groups is 4. The van der Waals surface area contributed by atoms with Crippen LogP contribution in [-0.4, -0.2) is 92.7 Å². The largest absolute Gasteiger partial charge is 0.462 e. The lowest BCUT2D eigenvalue weighted by atomic mass is 9.59. The van der Waals surface area contributed by atoms with Crippen molar-refractivity contribution in [3.8, 4) is 0 Å². The monoisotopic (exact) mass is 1130 g/mol. The maximum atomic E-state index is 13.1. The molecule has 0 aliphatic heterocycles. The lowest BCUT2D eigenvalue weighted by Gasteiger charge is -2.45. The van der Waals surface area contributed by atoms with Crippen molar-refractivity contribution in [1.82, 2.24) is 0 Å². The predicted octanol–water partition coefficient (Wildman–Crippen LogP) is 14.2. The van der Waals surface area contributed by atoms with Crippen LogP contribution in [0.4, 0.5) is 52.7 Å². The normalized spacial score (nSPS) is 35.4. The molecule has 78 heavy (non-hydrogen) atoms. The first-order valence-corrected chi connectivity index (χ1v) is 27.6. The molecule has 0 bridgehead atoms. The zero-order valence-electron chi connectivity index (χ0n) is 44.8.